The van der Waals surface area contributed by atoms with Gasteiger partial charge < -0.3 is 15.4 Å². The third kappa shape index (κ3) is 5.92. The number of ether oxygens (including phenoxy) is 1. The number of carbonyl (C=O) groups is 1. The minimum Gasteiger partial charge on any atom is -0.435 e. The van der Waals surface area contributed by atoms with Gasteiger partial charge in [-0.15, -0.1) is 0 Å². The first kappa shape index (κ1) is 21.8. The molecule has 0 radical (unpaired) electrons. The smallest absolute Gasteiger partial charge is 0.387 e. The van der Waals surface area contributed by atoms with Crippen LogP contribution in [0.25, 0.3) is 0 Å². The molecule has 1 amide bonds. The number of amides is 1. The van der Waals surface area contributed by atoms with Crippen LogP contribution in [0.5, 0.6) is 5.75 Å². The highest BCUT2D eigenvalue weighted by atomic mass is 32.1. The van der Waals surface area contributed by atoms with Crippen molar-refractivity contribution in [3.8, 4) is 5.75 Å². The first-order valence-electron chi connectivity index (χ1n) is 7.29. The zero-order chi connectivity index (χ0) is 18.6. The van der Waals surface area contributed by atoms with E-state index in [1.807, 2.05) is 0 Å². The average molecular weight is 390 g/mol. The Morgan fingerprint density at radius 3 is 2.15 bits per heavy atom. The van der Waals surface area contributed by atoms with Gasteiger partial charge in [-0.3, -0.25) is 4.79 Å². The van der Waals surface area contributed by atoms with Crippen LogP contribution in [0.1, 0.15) is 5.56 Å². The van der Waals surface area contributed by atoms with Crippen LogP contribution in [-0.2, 0) is 11.2 Å². The van der Waals surface area contributed by atoms with Gasteiger partial charge in [0.1, 0.15) is 17.4 Å². The summed E-state index contributed by atoms with van der Waals surface area (Å²) in [5, 5.41) is 0. The summed E-state index contributed by atoms with van der Waals surface area (Å²) in [5.41, 5.74) is 6.49. The van der Waals surface area contributed by atoms with Crippen LogP contribution in [0.4, 0.5) is 23.2 Å². The number of nitrogens with zero attached hydrogens (tertiary/aromatic N) is 1. The topological polar surface area (TPSA) is 55.6 Å². The summed E-state index contributed by atoms with van der Waals surface area (Å²) in [6, 6.07) is 7.33. The molecule has 2 rings (SSSR count). The van der Waals surface area contributed by atoms with Crippen molar-refractivity contribution in [3.63, 3.8) is 0 Å². The predicted molar refractivity (Wildman–Crippen MR) is 94.9 cm³/mol. The van der Waals surface area contributed by atoms with Crippen molar-refractivity contribution in [1.29, 1.82) is 0 Å². The zero-order valence-electron chi connectivity index (χ0n) is 13.8. The summed E-state index contributed by atoms with van der Waals surface area (Å²) >= 11 is 0. The summed E-state index contributed by atoms with van der Waals surface area (Å²) in [6.45, 7) is -2.94. The van der Waals surface area contributed by atoms with Crippen LogP contribution in [0.15, 0.2) is 42.5 Å². The number of alkyl halides is 2. The van der Waals surface area contributed by atoms with Crippen molar-refractivity contribution in [2.45, 2.75) is 19.1 Å². The second kappa shape index (κ2) is 9.44. The summed E-state index contributed by atoms with van der Waals surface area (Å²) < 4.78 is 54.8. The van der Waals surface area contributed by atoms with E-state index >= 15 is 0 Å². The number of halogens is 4. The minimum absolute atomic E-state index is 0. The van der Waals surface area contributed by atoms with Gasteiger partial charge in [0.25, 0.3) is 0 Å². The number of hydrogen-bond donors (Lipinski definition) is 1. The Kier molecular flexibility index (Phi) is 7.91. The summed E-state index contributed by atoms with van der Waals surface area (Å²) in [7, 11) is 1.46. The van der Waals surface area contributed by atoms with Gasteiger partial charge in [-0.2, -0.15) is 22.3 Å². The Labute approximate surface area is 155 Å². The fourth-order valence-corrected chi connectivity index (χ4v) is 2.30. The van der Waals surface area contributed by atoms with Crippen molar-refractivity contribution >= 4 is 25.1 Å². The SMILES string of the molecule is CN(C(=O)[C@@H](N)Cc1cc(F)cc(F)c1)c1ccc(OC(F)F)cc1.S. The molecule has 4 nitrogen and oxygen atoms in total. The predicted octanol–water partition coefficient (Wildman–Crippen LogP) is 3.21. The molecule has 0 saturated heterocycles. The van der Waals surface area contributed by atoms with Crippen LogP contribution in [0.2, 0.25) is 0 Å². The van der Waals surface area contributed by atoms with Crippen molar-refractivity contribution < 1.29 is 27.1 Å². The number of likely N-dealkylation sites (N-methyl/N-ethyl adjacent to an activating group) is 1. The molecular formula is C17H18F4N2O2S. The number of rotatable bonds is 6. The molecule has 0 bridgehead atoms. The van der Waals surface area contributed by atoms with E-state index in [2.05, 4.69) is 4.74 Å². The summed E-state index contributed by atoms with van der Waals surface area (Å²) in [4.78, 5) is 13.6. The quantitative estimate of drug-likeness (QED) is 0.771. The van der Waals surface area contributed by atoms with Gasteiger partial charge in [-0.05, 0) is 48.4 Å². The van der Waals surface area contributed by atoms with Gasteiger partial charge in [0.15, 0.2) is 0 Å². The molecule has 0 aliphatic heterocycles. The van der Waals surface area contributed by atoms with Crippen LogP contribution in [0.3, 0.4) is 0 Å². The highest BCUT2D eigenvalue weighted by Crippen LogP contribution is 2.21. The molecular weight excluding hydrogens is 372 g/mol. The molecule has 142 valence electrons. The second-order valence-electron chi connectivity index (χ2n) is 5.36. The van der Waals surface area contributed by atoms with Crippen LogP contribution in [0, 0.1) is 11.6 Å². The van der Waals surface area contributed by atoms with E-state index in [0.29, 0.717) is 5.69 Å². The summed E-state index contributed by atoms with van der Waals surface area (Å²) in [6.07, 6.45) is -0.0512. The van der Waals surface area contributed by atoms with Crippen molar-refractivity contribution in [2.24, 2.45) is 5.73 Å². The molecule has 9 heteroatoms. The average Bonchev–Trinajstić information content (AvgIpc) is 2.52. The molecule has 26 heavy (non-hydrogen) atoms. The lowest BCUT2D eigenvalue weighted by molar-refractivity contribution is -0.119. The second-order valence-corrected chi connectivity index (χ2v) is 5.36. The Morgan fingerprint density at radius 2 is 1.65 bits per heavy atom. The van der Waals surface area contributed by atoms with Crippen LogP contribution >= 0.6 is 13.5 Å². The van der Waals surface area contributed by atoms with E-state index in [1.54, 1.807) is 0 Å². The molecule has 2 aromatic carbocycles. The first-order valence-corrected chi connectivity index (χ1v) is 7.29. The number of nitrogens with two attached hydrogens (primary N) is 1. The molecule has 2 aromatic rings. The molecule has 0 spiro atoms. The van der Waals surface area contributed by atoms with Crippen LogP contribution < -0.4 is 15.4 Å². The van der Waals surface area contributed by atoms with Gasteiger partial charge in [-0.25, -0.2) is 8.78 Å². The fraction of sp³-hybridized carbons (Fsp3) is 0.235. The van der Waals surface area contributed by atoms with Gasteiger partial charge >= 0.3 is 6.61 Å². The van der Waals surface area contributed by atoms with E-state index < -0.39 is 30.2 Å². The van der Waals surface area contributed by atoms with Gasteiger partial charge in [-0.1, -0.05) is 0 Å². The van der Waals surface area contributed by atoms with Gasteiger partial charge in [0.2, 0.25) is 5.91 Å². The normalized spacial score (nSPS) is 11.7. The Morgan fingerprint density at radius 1 is 1.12 bits per heavy atom. The van der Waals surface area contributed by atoms with Crippen LogP contribution in [-0.4, -0.2) is 25.6 Å². The molecule has 0 aliphatic carbocycles. The zero-order valence-corrected chi connectivity index (χ0v) is 14.8. The lowest BCUT2D eigenvalue weighted by Gasteiger charge is -2.22. The number of anilines is 1. The molecule has 0 fully saturated rings. The molecule has 1 atom stereocenters. The molecule has 0 unspecified atom stereocenters. The number of hydrogen-bond acceptors (Lipinski definition) is 3. The van der Waals surface area contributed by atoms with Crippen molar-refractivity contribution in [2.75, 3.05) is 11.9 Å². The van der Waals surface area contributed by atoms with Crippen molar-refractivity contribution in [3.05, 3.63) is 59.7 Å². The van der Waals surface area contributed by atoms with E-state index in [1.165, 1.54) is 36.2 Å². The largest absolute Gasteiger partial charge is 0.435 e. The van der Waals surface area contributed by atoms with E-state index in [4.69, 9.17) is 5.73 Å². The van der Waals surface area contributed by atoms with Gasteiger partial charge in [0.05, 0.1) is 6.04 Å². The standard InChI is InChI=1S/C17H16F4N2O2.H2S/c1-23(13-2-4-14(5-3-13)25-17(20)21)16(24)15(22)8-10-6-11(18)9-12(19)7-10;/h2-7,9,15,17H,8,22H2,1H3;1H2/t15-;/m0./s1. The summed E-state index contributed by atoms with van der Waals surface area (Å²) in [5.74, 6) is -2.04. The molecule has 0 aliphatic rings. The van der Waals surface area contributed by atoms with E-state index in [0.717, 1.165) is 18.2 Å². The minimum atomic E-state index is -2.94. The molecule has 0 saturated carbocycles. The maximum atomic E-state index is 13.2. The lowest BCUT2D eigenvalue weighted by Crippen LogP contribution is -2.43. The maximum Gasteiger partial charge on any atom is 0.387 e. The number of carbonyl (C=O) groups excluding carboxylic acids is 1. The van der Waals surface area contributed by atoms with E-state index in [9.17, 15) is 22.4 Å². The van der Waals surface area contributed by atoms with Gasteiger partial charge in [0, 0.05) is 18.8 Å². The highest BCUT2D eigenvalue weighted by molar-refractivity contribution is 7.59. The third-order valence-electron chi connectivity index (χ3n) is 3.47. The van der Waals surface area contributed by atoms with E-state index in [-0.39, 0.29) is 31.2 Å². The van der Waals surface area contributed by atoms with Crippen molar-refractivity contribution in [1.82, 2.24) is 0 Å². The molecule has 2 N–H and O–H groups in total. The Balaban J connectivity index is 0.00000338. The lowest BCUT2D eigenvalue weighted by atomic mass is 10.0. The number of benzene rings is 2. The molecule has 0 heterocycles. The Hall–Kier alpha value is -2.26. The third-order valence-corrected chi connectivity index (χ3v) is 3.47. The first-order chi connectivity index (χ1) is 11.8. The monoisotopic (exact) mass is 390 g/mol. The highest BCUT2D eigenvalue weighted by Gasteiger charge is 2.20. The maximum absolute atomic E-state index is 13.2. The molecule has 0 aromatic heterocycles. The fourth-order valence-electron chi connectivity index (χ4n) is 2.30. The Bertz CT molecular complexity index is 724.